The summed E-state index contributed by atoms with van der Waals surface area (Å²) in [4.78, 5) is 26.3. The Morgan fingerprint density at radius 1 is 1.22 bits per heavy atom. The molecule has 0 unspecified atom stereocenters. The van der Waals surface area contributed by atoms with Crippen molar-refractivity contribution in [3.05, 3.63) is 24.3 Å². The van der Waals surface area contributed by atoms with E-state index in [0.29, 0.717) is 31.7 Å². The van der Waals surface area contributed by atoms with Gasteiger partial charge < -0.3 is 14.4 Å². The van der Waals surface area contributed by atoms with Gasteiger partial charge in [0.1, 0.15) is 11.9 Å². The maximum atomic E-state index is 12.4. The predicted octanol–water partition coefficient (Wildman–Crippen LogP) is 2.73. The van der Waals surface area contributed by atoms with Crippen LogP contribution >= 0.6 is 11.8 Å². The number of esters is 1. The second kappa shape index (κ2) is 8.24. The molecule has 0 spiro atoms. The zero-order valence-corrected chi connectivity index (χ0v) is 14.6. The molecule has 1 aromatic carbocycles. The van der Waals surface area contributed by atoms with E-state index in [-0.39, 0.29) is 18.0 Å². The zero-order chi connectivity index (χ0) is 16.8. The van der Waals surface area contributed by atoms with Crippen LogP contribution in [0.2, 0.25) is 0 Å². The van der Waals surface area contributed by atoms with Crippen LogP contribution < -0.4 is 4.74 Å². The van der Waals surface area contributed by atoms with Gasteiger partial charge in [0.2, 0.25) is 0 Å². The van der Waals surface area contributed by atoms with E-state index in [1.165, 1.54) is 6.92 Å². The summed E-state index contributed by atoms with van der Waals surface area (Å²) in [5.41, 5.74) is 0. The average molecular weight is 337 g/mol. The molecule has 6 heteroatoms. The van der Waals surface area contributed by atoms with Crippen LogP contribution in [0.5, 0.6) is 5.75 Å². The van der Waals surface area contributed by atoms with Crippen molar-refractivity contribution in [2.24, 2.45) is 0 Å². The summed E-state index contributed by atoms with van der Waals surface area (Å²) in [6, 6.07) is 7.70. The quantitative estimate of drug-likeness (QED) is 0.611. The van der Waals surface area contributed by atoms with Gasteiger partial charge in [-0.05, 0) is 37.4 Å². The van der Waals surface area contributed by atoms with Gasteiger partial charge in [-0.15, -0.1) is 11.8 Å². The third-order valence-electron chi connectivity index (χ3n) is 3.81. The van der Waals surface area contributed by atoms with Crippen molar-refractivity contribution in [2.45, 2.75) is 43.8 Å². The first-order valence-electron chi connectivity index (χ1n) is 7.76. The summed E-state index contributed by atoms with van der Waals surface area (Å²) >= 11 is 1.66. The molecular weight excluding hydrogens is 314 g/mol. The molecule has 1 aromatic rings. The van der Waals surface area contributed by atoms with Gasteiger partial charge in [-0.1, -0.05) is 0 Å². The summed E-state index contributed by atoms with van der Waals surface area (Å²) in [5.74, 6) is 0.402. The molecule has 1 aliphatic rings. The van der Waals surface area contributed by atoms with Crippen LogP contribution in [0, 0.1) is 0 Å². The Morgan fingerprint density at radius 3 is 2.35 bits per heavy atom. The molecule has 0 N–H and O–H groups in total. The molecular formula is C17H23NO4S. The molecule has 0 radical (unpaired) electrons. The van der Waals surface area contributed by atoms with Crippen LogP contribution in [0.25, 0.3) is 0 Å². The van der Waals surface area contributed by atoms with Crippen LogP contribution in [0.3, 0.4) is 0 Å². The number of thioether (sulfide) groups is 1. The highest BCUT2D eigenvalue weighted by Gasteiger charge is 2.28. The number of likely N-dealkylation sites (tertiary alicyclic amines) is 1. The van der Waals surface area contributed by atoms with Gasteiger partial charge in [-0.3, -0.25) is 9.59 Å². The monoisotopic (exact) mass is 337 g/mol. The topological polar surface area (TPSA) is 55.8 Å². The molecule has 1 atom stereocenters. The Labute approximate surface area is 141 Å². The fourth-order valence-corrected chi connectivity index (χ4v) is 3.00. The van der Waals surface area contributed by atoms with E-state index in [1.54, 1.807) is 23.6 Å². The summed E-state index contributed by atoms with van der Waals surface area (Å²) < 4.78 is 10.9. The molecule has 1 amide bonds. The maximum absolute atomic E-state index is 12.4. The molecule has 0 bridgehead atoms. The normalized spacial score (nSPS) is 16.7. The zero-order valence-electron chi connectivity index (χ0n) is 13.8. The molecule has 0 aliphatic carbocycles. The first kappa shape index (κ1) is 17.7. The highest BCUT2D eigenvalue weighted by atomic mass is 32.2. The summed E-state index contributed by atoms with van der Waals surface area (Å²) in [6.45, 7) is 4.37. The van der Waals surface area contributed by atoms with E-state index >= 15 is 0 Å². The summed E-state index contributed by atoms with van der Waals surface area (Å²) in [7, 11) is 0. The SMILES string of the molecule is CSc1ccc(O[C@H](C)C(=O)N2CCC(OC(C)=O)CC2)cc1. The van der Waals surface area contributed by atoms with Crippen molar-refractivity contribution >= 4 is 23.6 Å². The van der Waals surface area contributed by atoms with E-state index in [4.69, 9.17) is 9.47 Å². The van der Waals surface area contributed by atoms with Crippen LogP contribution in [0.4, 0.5) is 0 Å². The Balaban J connectivity index is 1.84. The largest absolute Gasteiger partial charge is 0.481 e. The van der Waals surface area contributed by atoms with Crippen molar-refractivity contribution in [1.82, 2.24) is 4.90 Å². The molecule has 5 nitrogen and oxygen atoms in total. The highest BCUT2D eigenvalue weighted by molar-refractivity contribution is 7.98. The minimum Gasteiger partial charge on any atom is -0.481 e. The van der Waals surface area contributed by atoms with Crippen LogP contribution in [0.1, 0.15) is 26.7 Å². The summed E-state index contributed by atoms with van der Waals surface area (Å²) in [5, 5.41) is 0. The number of piperidine rings is 1. The van der Waals surface area contributed by atoms with Crippen molar-refractivity contribution in [2.75, 3.05) is 19.3 Å². The second-order valence-electron chi connectivity index (χ2n) is 5.57. The number of hydrogen-bond donors (Lipinski definition) is 0. The van der Waals surface area contributed by atoms with Crippen LogP contribution in [0.15, 0.2) is 29.2 Å². The Morgan fingerprint density at radius 2 is 1.83 bits per heavy atom. The summed E-state index contributed by atoms with van der Waals surface area (Å²) in [6.07, 6.45) is 2.77. The fourth-order valence-electron chi connectivity index (χ4n) is 2.59. The predicted molar refractivity (Wildman–Crippen MR) is 89.7 cm³/mol. The van der Waals surface area contributed by atoms with Gasteiger partial charge in [-0.25, -0.2) is 0 Å². The molecule has 1 fully saturated rings. The van der Waals surface area contributed by atoms with E-state index in [0.717, 1.165) is 4.90 Å². The second-order valence-corrected chi connectivity index (χ2v) is 6.45. The van der Waals surface area contributed by atoms with Gasteiger partial charge in [-0.2, -0.15) is 0 Å². The van der Waals surface area contributed by atoms with Crippen LogP contribution in [-0.2, 0) is 14.3 Å². The third kappa shape index (κ3) is 5.16. The average Bonchev–Trinajstić information content (AvgIpc) is 2.55. The molecule has 2 rings (SSSR count). The van der Waals surface area contributed by atoms with E-state index in [1.807, 2.05) is 30.5 Å². The maximum Gasteiger partial charge on any atom is 0.302 e. The molecule has 23 heavy (non-hydrogen) atoms. The Kier molecular flexibility index (Phi) is 6.33. The van der Waals surface area contributed by atoms with E-state index in [2.05, 4.69) is 0 Å². The molecule has 1 aliphatic heterocycles. The number of hydrogen-bond acceptors (Lipinski definition) is 5. The van der Waals surface area contributed by atoms with Gasteiger partial charge >= 0.3 is 5.97 Å². The standard InChI is InChI=1S/C17H23NO4S/c1-12(21-14-4-6-16(23-3)7-5-14)17(20)18-10-8-15(9-11-18)22-13(2)19/h4-7,12,15H,8-11H2,1-3H3/t12-/m1/s1. The lowest BCUT2D eigenvalue weighted by Gasteiger charge is -2.33. The van der Waals surface area contributed by atoms with Crippen molar-refractivity contribution < 1.29 is 19.1 Å². The number of nitrogens with zero attached hydrogens (tertiary/aromatic N) is 1. The number of carbonyl (C=O) groups excluding carboxylic acids is 2. The van der Waals surface area contributed by atoms with E-state index < -0.39 is 6.10 Å². The number of amides is 1. The Hall–Kier alpha value is -1.69. The fraction of sp³-hybridized carbons (Fsp3) is 0.529. The Bertz CT molecular complexity index is 538. The first-order chi connectivity index (χ1) is 11.0. The molecule has 0 saturated carbocycles. The lowest BCUT2D eigenvalue weighted by molar-refractivity contribution is -0.150. The van der Waals surface area contributed by atoms with Crippen molar-refractivity contribution in [3.8, 4) is 5.75 Å². The van der Waals surface area contributed by atoms with Crippen molar-refractivity contribution in [3.63, 3.8) is 0 Å². The minimum atomic E-state index is -0.527. The smallest absolute Gasteiger partial charge is 0.302 e. The van der Waals surface area contributed by atoms with Gasteiger partial charge in [0.25, 0.3) is 5.91 Å². The lowest BCUT2D eigenvalue weighted by atomic mass is 10.1. The highest BCUT2D eigenvalue weighted by Crippen LogP contribution is 2.21. The van der Waals surface area contributed by atoms with Crippen LogP contribution in [-0.4, -0.2) is 48.3 Å². The molecule has 1 saturated heterocycles. The number of ether oxygens (including phenoxy) is 2. The first-order valence-corrected chi connectivity index (χ1v) is 8.98. The van der Waals surface area contributed by atoms with Gasteiger partial charge in [0, 0.05) is 37.8 Å². The molecule has 1 heterocycles. The number of benzene rings is 1. The van der Waals surface area contributed by atoms with Gasteiger partial charge in [0.15, 0.2) is 6.10 Å². The lowest BCUT2D eigenvalue weighted by Crippen LogP contribution is -2.46. The number of rotatable bonds is 5. The van der Waals surface area contributed by atoms with E-state index in [9.17, 15) is 9.59 Å². The minimum absolute atomic E-state index is 0.0276. The van der Waals surface area contributed by atoms with Crippen molar-refractivity contribution in [1.29, 1.82) is 0 Å². The number of carbonyl (C=O) groups is 2. The molecule has 126 valence electrons. The molecule has 0 aromatic heterocycles. The third-order valence-corrected chi connectivity index (χ3v) is 4.55. The van der Waals surface area contributed by atoms with Gasteiger partial charge in [0.05, 0.1) is 0 Å².